The first-order chi connectivity index (χ1) is 21.2. The lowest BCUT2D eigenvalue weighted by Gasteiger charge is -2.28. The highest BCUT2D eigenvalue weighted by molar-refractivity contribution is 5.95. The van der Waals surface area contributed by atoms with E-state index in [9.17, 15) is 18.4 Å². The van der Waals surface area contributed by atoms with Gasteiger partial charge < -0.3 is 20.1 Å². The van der Waals surface area contributed by atoms with Crippen molar-refractivity contribution in [3.63, 3.8) is 0 Å². The minimum atomic E-state index is -3.52. The molecule has 1 saturated carbocycles. The van der Waals surface area contributed by atoms with Crippen LogP contribution in [0.2, 0.25) is 0 Å². The van der Waals surface area contributed by atoms with Crippen LogP contribution in [-0.4, -0.2) is 46.2 Å². The zero-order valence-corrected chi connectivity index (χ0v) is 24.8. The van der Waals surface area contributed by atoms with Gasteiger partial charge >= 0.3 is 5.92 Å². The number of halogens is 2. The van der Waals surface area contributed by atoms with E-state index in [2.05, 4.69) is 15.7 Å². The molecule has 2 amide bonds. The van der Waals surface area contributed by atoms with Crippen LogP contribution in [0.4, 0.5) is 8.78 Å². The van der Waals surface area contributed by atoms with Gasteiger partial charge in [0.1, 0.15) is 17.6 Å². The molecule has 1 fully saturated rings. The summed E-state index contributed by atoms with van der Waals surface area (Å²) in [5, 5.41) is 10.9. The summed E-state index contributed by atoms with van der Waals surface area (Å²) >= 11 is 0. The molecule has 2 N–H and O–H groups in total. The fourth-order valence-corrected chi connectivity index (χ4v) is 5.98. The van der Waals surface area contributed by atoms with E-state index in [-0.39, 0.29) is 11.9 Å². The van der Waals surface area contributed by atoms with Crippen LogP contribution in [0.1, 0.15) is 73.5 Å². The van der Waals surface area contributed by atoms with E-state index in [4.69, 9.17) is 9.47 Å². The summed E-state index contributed by atoms with van der Waals surface area (Å²) in [5.41, 5.74) is 3.88. The normalized spacial score (nSPS) is 16.5. The summed E-state index contributed by atoms with van der Waals surface area (Å²) in [7, 11) is 0. The van der Waals surface area contributed by atoms with Gasteiger partial charge in [-0.3, -0.25) is 9.59 Å². The van der Waals surface area contributed by atoms with Crippen molar-refractivity contribution in [3.05, 3.63) is 83.6 Å². The van der Waals surface area contributed by atoms with Crippen molar-refractivity contribution in [2.24, 2.45) is 0 Å². The van der Waals surface area contributed by atoms with E-state index in [0.29, 0.717) is 24.8 Å². The lowest BCUT2D eigenvalue weighted by Crippen LogP contribution is -2.46. The number of nitrogens with zero attached hydrogens (tertiary/aromatic N) is 2. The van der Waals surface area contributed by atoms with Gasteiger partial charge in [-0.15, -0.1) is 0 Å². The van der Waals surface area contributed by atoms with Gasteiger partial charge in [0.25, 0.3) is 11.8 Å². The van der Waals surface area contributed by atoms with Crippen LogP contribution in [0.25, 0.3) is 16.6 Å². The molecule has 2 aliphatic rings. The van der Waals surface area contributed by atoms with Crippen LogP contribution >= 0.6 is 0 Å². The summed E-state index contributed by atoms with van der Waals surface area (Å²) in [5.74, 6) is -3.69. The number of hydrogen-bond acceptors (Lipinski definition) is 5. The molecule has 0 spiro atoms. The maximum absolute atomic E-state index is 13.8. The zero-order chi connectivity index (χ0) is 30.8. The van der Waals surface area contributed by atoms with Gasteiger partial charge in [0.05, 0.1) is 30.0 Å². The Hall–Kier alpha value is -4.47. The Morgan fingerprint density at radius 3 is 2.68 bits per heavy atom. The highest BCUT2D eigenvalue weighted by Crippen LogP contribution is 2.33. The van der Waals surface area contributed by atoms with Crippen LogP contribution in [0, 0.1) is 0 Å². The summed E-state index contributed by atoms with van der Waals surface area (Å²) in [4.78, 5) is 25.1. The average Bonchev–Trinajstić information content (AvgIpc) is 3.69. The molecule has 0 saturated heterocycles. The Bertz CT molecular complexity index is 1680. The molecule has 2 atom stereocenters. The number of rotatable bonds is 9. The number of ether oxygens (including phenoxy) is 2. The first-order valence-electron chi connectivity index (χ1n) is 15.2. The van der Waals surface area contributed by atoms with E-state index in [1.54, 1.807) is 29.9 Å². The zero-order valence-electron chi connectivity index (χ0n) is 24.8. The fraction of sp³-hybridized carbons (Fsp3) is 0.382. The highest BCUT2D eigenvalue weighted by atomic mass is 19.3. The van der Waals surface area contributed by atoms with Gasteiger partial charge in [0.2, 0.25) is 0 Å². The SMILES string of the molecule is C[C@H](NC(=O)C(C)(F)F)[C@H](Oc1ccc2c(cnn2-c2cccc(C(=O)NC3CCCC3)c2)c1)c1ccc2c(c1)CCCO2. The number of benzene rings is 3. The summed E-state index contributed by atoms with van der Waals surface area (Å²) in [6.07, 6.45) is 6.97. The van der Waals surface area contributed by atoms with E-state index in [1.807, 2.05) is 48.5 Å². The van der Waals surface area contributed by atoms with E-state index >= 15 is 0 Å². The first kappa shape index (κ1) is 29.6. The largest absolute Gasteiger partial charge is 0.493 e. The van der Waals surface area contributed by atoms with E-state index in [1.165, 1.54) is 0 Å². The number of alkyl halides is 2. The van der Waals surface area contributed by atoms with Crippen molar-refractivity contribution in [1.29, 1.82) is 0 Å². The smallest absolute Gasteiger partial charge is 0.321 e. The summed E-state index contributed by atoms with van der Waals surface area (Å²) in [6.45, 7) is 2.87. The number of fused-ring (bicyclic) bond motifs is 2. The third-order valence-electron chi connectivity index (χ3n) is 8.32. The quantitative estimate of drug-likeness (QED) is 0.234. The van der Waals surface area contributed by atoms with Gasteiger partial charge in [-0.2, -0.15) is 13.9 Å². The molecule has 6 rings (SSSR count). The maximum Gasteiger partial charge on any atom is 0.321 e. The van der Waals surface area contributed by atoms with Crippen LogP contribution in [-0.2, 0) is 11.2 Å². The minimum Gasteiger partial charge on any atom is -0.493 e. The number of carbonyl (C=O) groups is 2. The first-order valence-corrected chi connectivity index (χ1v) is 15.2. The van der Waals surface area contributed by atoms with Gasteiger partial charge in [-0.25, -0.2) is 4.68 Å². The van der Waals surface area contributed by atoms with Crippen molar-refractivity contribution in [2.75, 3.05) is 6.61 Å². The van der Waals surface area contributed by atoms with Crippen molar-refractivity contribution in [1.82, 2.24) is 20.4 Å². The molecule has 8 nitrogen and oxygen atoms in total. The number of aryl methyl sites for hydroxylation is 1. The standard InChI is InChI=1S/C34H36F2N4O4/c1-21(38-33(42)34(2,35)36)31(23-12-15-30-22(17-23)8-6-16-43-30)44-28-13-14-29-25(19-28)20-37-40(29)27-11-5-7-24(18-27)32(41)39-26-9-3-4-10-26/h5,7,11-15,17-21,26,31H,3-4,6,8-10,16H2,1-2H3,(H,38,42)(H,39,41)/t21-,31-/m0/s1. The number of hydrogen-bond donors (Lipinski definition) is 2. The summed E-state index contributed by atoms with van der Waals surface area (Å²) < 4.78 is 41.5. The lowest BCUT2D eigenvalue weighted by atomic mass is 9.97. The Kier molecular flexibility index (Phi) is 8.25. The Balaban J connectivity index is 1.26. The molecule has 1 aromatic heterocycles. The van der Waals surface area contributed by atoms with Gasteiger partial charge in [-0.1, -0.05) is 25.0 Å². The van der Waals surface area contributed by atoms with E-state index in [0.717, 1.165) is 72.0 Å². The van der Waals surface area contributed by atoms with Crippen molar-refractivity contribution in [3.8, 4) is 17.2 Å². The molecular weight excluding hydrogens is 566 g/mol. The number of aromatic nitrogens is 2. The molecule has 1 aliphatic heterocycles. The molecule has 4 aromatic rings. The molecule has 3 aromatic carbocycles. The predicted octanol–water partition coefficient (Wildman–Crippen LogP) is 6.30. The Labute approximate surface area is 254 Å². The molecule has 0 bridgehead atoms. The second-order valence-corrected chi connectivity index (χ2v) is 11.8. The number of amides is 2. The number of carbonyl (C=O) groups excluding carboxylic acids is 2. The maximum atomic E-state index is 13.8. The van der Waals surface area contributed by atoms with Crippen LogP contribution in [0.3, 0.4) is 0 Å². The predicted molar refractivity (Wildman–Crippen MR) is 163 cm³/mol. The van der Waals surface area contributed by atoms with Gasteiger partial charge in [0.15, 0.2) is 0 Å². The fourth-order valence-electron chi connectivity index (χ4n) is 5.98. The Morgan fingerprint density at radius 2 is 1.89 bits per heavy atom. The molecule has 10 heteroatoms. The molecule has 0 radical (unpaired) electrons. The van der Waals surface area contributed by atoms with Gasteiger partial charge in [-0.05, 0) is 92.3 Å². The second-order valence-electron chi connectivity index (χ2n) is 11.8. The van der Waals surface area contributed by atoms with Crippen molar-refractivity contribution >= 4 is 22.7 Å². The molecule has 44 heavy (non-hydrogen) atoms. The molecule has 0 unspecified atom stereocenters. The minimum absolute atomic E-state index is 0.0901. The van der Waals surface area contributed by atoms with Gasteiger partial charge in [0, 0.05) is 23.9 Å². The Morgan fingerprint density at radius 1 is 1.07 bits per heavy atom. The number of nitrogens with one attached hydrogen (secondary N) is 2. The molecule has 230 valence electrons. The topological polar surface area (TPSA) is 94.5 Å². The molecular formula is C34H36F2N4O4. The van der Waals surface area contributed by atoms with Crippen molar-refractivity contribution in [2.45, 2.75) is 76.5 Å². The van der Waals surface area contributed by atoms with Crippen LogP contribution in [0.5, 0.6) is 11.5 Å². The van der Waals surface area contributed by atoms with Crippen LogP contribution in [0.15, 0.2) is 66.9 Å². The molecule has 2 heterocycles. The average molecular weight is 603 g/mol. The second kappa shape index (κ2) is 12.3. The van der Waals surface area contributed by atoms with Crippen molar-refractivity contribution < 1.29 is 27.8 Å². The molecule has 1 aliphatic carbocycles. The third-order valence-corrected chi connectivity index (χ3v) is 8.32. The monoisotopic (exact) mass is 602 g/mol. The van der Waals surface area contributed by atoms with E-state index < -0.39 is 24.0 Å². The third kappa shape index (κ3) is 6.39. The lowest BCUT2D eigenvalue weighted by molar-refractivity contribution is -0.144. The highest BCUT2D eigenvalue weighted by Gasteiger charge is 2.35. The van der Waals surface area contributed by atoms with Crippen LogP contribution < -0.4 is 20.1 Å². The summed E-state index contributed by atoms with van der Waals surface area (Å²) in [6, 6.07) is 17.9.